The molecule has 1 aliphatic rings. The lowest BCUT2D eigenvalue weighted by atomic mass is 10.2. The summed E-state index contributed by atoms with van der Waals surface area (Å²) in [4.78, 5) is 24.4. The number of amides is 2. The number of hydrogen-bond donors (Lipinski definition) is 1. The number of sulfonamides is 1. The molecule has 28 heavy (non-hydrogen) atoms. The predicted molar refractivity (Wildman–Crippen MR) is 103 cm³/mol. The highest BCUT2D eigenvalue weighted by molar-refractivity contribution is 7.90. The fourth-order valence-corrected chi connectivity index (χ4v) is 4.64. The van der Waals surface area contributed by atoms with Gasteiger partial charge >= 0.3 is 0 Å². The van der Waals surface area contributed by atoms with Crippen molar-refractivity contribution in [2.24, 2.45) is 0 Å². The summed E-state index contributed by atoms with van der Waals surface area (Å²) in [5, 5.41) is 2.80. The van der Waals surface area contributed by atoms with Crippen LogP contribution in [-0.4, -0.2) is 37.7 Å². The summed E-state index contributed by atoms with van der Waals surface area (Å²) in [7, 11) is -3.82. The lowest BCUT2D eigenvalue weighted by molar-refractivity contribution is -0.121. The second kappa shape index (κ2) is 8.43. The van der Waals surface area contributed by atoms with E-state index in [1.807, 2.05) is 31.2 Å². The average Bonchev–Trinajstić information content (AvgIpc) is 2.88. The van der Waals surface area contributed by atoms with Crippen LogP contribution in [-0.2, 0) is 21.4 Å². The van der Waals surface area contributed by atoms with Crippen molar-refractivity contribution in [1.29, 1.82) is 0 Å². The highest BCUT2D eigenvalue weighted by atomic mass is 32.2. The average molecular weight is 402 g/mol. The van der Waals surface area contributed by atoms with Gasteiger partial charge in [0.1, 0.15) is 10.6 Å². The Bertz CT molecular complexity index is 988. The Labute approximate surface area is 164 Å². The molecule has 1 N–H and O–H groups in total. The molecule has 0 aromatic heterocycles. The third kappa shape index (κ3) is 4.17. The van der Waals surface area contributed by atoms with Crippen LogP contribution in [0.4, 0.5) is 0 Å². The summed E-state index contributed by atoms with van der Waals surface area (Å²) in [5.74, 6) is -0.00122. The Balaban J connectivity index is 1.50. The second-order valence-electron chi connectivity index (χ2n) is 6.34. The van der Waals surface area contributed by atoms with Crippen LogP contribution < -0.4 is 10.1 Å². The van der Waals surface area contributed by atoms with E-state index >= 15 is 0 Å². The quantitative estimate of drug-likeness (QED) is 0.732. The molecular formula is C20H22N2O5S. The summed E-state index contributed by atoms with van der Waals surface area (Å²) in [6, 6.07) is 13.6. The van der Waals surface area contributed by atoms with Crippen molar-refractivity contribution in [3.8, 4) is 5.75 Å². The fourth-order valence-electron chi connectivity index (χ4n) is 3.04. The normalized spacial score (nSPS) is 14.6. The van der Waals surface area contributed by atoms with Crippen molar-refractivity contribution in [1.82, 2.24) is 9.62 Å². The maximum Gasteiger partial charge on any atom is 0.269 e. The number of ether oxygens (including phenoxy) is 1. The van der Waals surface area contributed by atoms with Crippen LogP contribution in [0.2, 0.25) is 0 Å². The summed E-state index contributed by atoms with van der Waals surface area (Å²) in [6.45, 7) is 2.80. The Kier molecular flexibility index (Phi) is 5.99. The molecule has 0 saturated heterocycles. The zero-order valence-corrected chi connectivity index (χ0v) is 16.4. The van der Waals surface area contributed by atoms with Gasteiger partial charge in [0.25, 0.3) is 15.9 Å². The molecule has 0 atom stereocenters. The van der Waals surface area contributed by atoms with Crippen molar-refractivity contribution >= 4 is 21.8 Å². The van der Waals surface area contributed by atoms with Crippen molar-refractivity contribution < 1.29 is 22.7 Å². The lowest BCUT2D eigenvalue weighted by Gasteiger charge is -2.14. The number of benzene rings is 2. The van der Waals surface area contributed by atoms with Gasteiger partial charge in [-0.05, 0) is 43.2 Å². The number of carbonyl (C=O) groups excluding carboxylic acids is 2. The van der Waals surface area contributed by atoms with Gasteiger partial charge in [-0.15, -0.1) is 0 Å². The first-order chi connectivity index (χ1) is 13.4. The molecule has 1 aliphatic heterocycles. The van der Waals surface area contributed by atoms with Gasteiger partial charge in [-0.25, -0.2) is 12.7 Å². The second-order valence-corrected chi connectivity index (χ2v) is 8.17. The Morgan fingerprint density at radius 2 is 1.93 bits per heavy atom. The van der Waals surface area contributed by atoms with Crippen LogP contribution in [0, 0.1) is 0 Å². The Morgan fingerprint density at radius 3 is 2.68 bits per heavy atom. The van der Waals surface area contributed by atoms with Crippen LogP contribution in [0.3, 0.4) is 0 Å². The van der Waals surface area contributed by atoms with E-state index in [2.05, 4.69) is 5.32 Å². The largest absolute Gasteiger partial charge is 0.494 e. The van der Waals surface area contributed by atoms with E-state index in [-0.39, 0.29) is 35.8 Å². The molecule has 0 bridgehead atoms. The number of fused-ring (bicyclic) bond motifs is 1. The summed E-state index contributed by atoms with van der Waals surface area (Å²) < 4.78 is 31.2. The maximum absolute atomic E-state index is 12.5. The number of nitrogens with zero attached hydrogens (tertiary/aromatic N) is 1. The minimum absolute atomic E-state index is 0.0247. The molecule has 3 rings (SSSR count). The fraction of sp³-hybridized carbons (Fsp3) is 0.300. The number of rotatable bonds is 8. The van der Waals surface area contributed by atoms with Gasteiger partial charge in [0, 0.05) is 19.5 Å². The smallest absolute Gasteiger partial charge is 0.269 e. The minimum atomic E-state index is -3.82. The standard InChI is InChI=1S/C20H22N2O5S/c1-2-27-16-8-5-7-15(13-16)14-21-19(23)11-6-12-22-20(24)17-9-3-4-10-18(17)28(22,25)26/h3-5,7-10,13H,2,6,11-12,14H2,1H3,(H,21,23). The molecule has 8 heteroatoms. The van der Waals surface area contributed by atoms with Gasteiger partial charge in [-0.2, -0.15) is 0 Å². The highest BCUT2D eigenvalue weighted by Gasteiger charge is 2.40. The molecule has 2 aromatic carbocycles. The molecule has 148 valence electrons. The first-order valence-corrected chi connectivity index (χ1v) is 10.5. The highest BCUT2D eigenvalue weighted by Crippen LogP contribution is 2.29. The van der Waals surface area contributed by atoms with Gasteiger partial charge in [0.15, 0.2) is 0 Å². The van der Waals surface area contributed by atoms with Crippen LogP contribution in [0.5, 0.6) is 5.75 Å². The molecule has 7 nitrogen and oxygen atoms in total. The molecule has 0 unspecified atom stereocenters. The molecule has 0 radical (unpaired) electrons. The SMILES string of the molecule is CCOc1cccc(CNC(=O)CCCN2C(=O)c3ccccc3S2(=O)=O)c1. The number of carbonyl (C=O) groups is 2. The molecule has 1 heterocycles. The molecule has 2 amide bonds. The van der Waals surface area contributed by atoms with Crippen LogP contribution in [0.25, 0.3) is 0 Å². The topological polar surface area (TPSA) is 92.8 Å². The van der Waals surface area contributed by atoms with E-state index in [0.717, 1.165) is 15.6 Å². The van der Waals surface area contributed by atoms with Gasteiger partial charge in [-0.3, -0.25) is 9.59 Å². The van der Waals surface area contributed by atoms with Crippen molar-refractivity contribution in [2.45, 2.75) is 31.2 Å². The zero-order valence-electron chi connectivity index (χ0n) is 15.6. The summed E-state index contributed by atoms with van der Waals surface area (Å²) in [6.07, 6.45) is 0.380. The molecule has 0 spiro atoms. The third-order valence-electron chi connectivity index (χ3n) is 4.38. The van der Waals surface area contributed by atoms with Crippen molar-refractivity contribution in [3.63, 3.8) is 0 Å². The van der Waals surface area contributed by atoms with E-state index in [4.69, 9.17) is 4.74 Å². The lowest BCUT2D eigenvalue weighted by Crippen LogP contribution is -2.32. The summed E-state index contributed by atoms with van der Waals surface area (Å²) in [5.41, 5.74) is 1.09. The number of hydrogen-bond acceptors (Lipinski definition) is 5. The molecule has 2 aromatic rings. The van der Waals surface area contributed by atoms with Crippen molar-refractivity contribution in [3.05, 3.63) is 59.7 Å². The Hall–Kier alpha value is -2.87. The van der Waals surface area contributed by atoms with E-state index < -0.39 is 15.9 Å². The third-order valence-corrected chi connectivity index (χ3v) is 6.22. The molecule has 0 saturated carbocycles. The Morgan fingerprint density at radius 1 is 1.14 bits per heavy atom. The monoisotopic (exact) mass is 402 g/mol. The molecular weight excluding hydrogens is 380 g/mol. The van der Waals surface area contributed by atoms with E-state index in [9.17, 15) is 18.0 Å². The van der Waals surface area contributed by atoms with Crippen LogP contribution in [0.15, 0.2) is 53.4 Å². The molecule has 0 fully saturated rings. The predicted octanol–water partition coefficient (Wildman–Crippen LogP) is 2.33. The van der Waals surface area contributed by atoms with Gasteiger partial charge in [-0.1, -0.05) is 24.3 Å². The molecule has 0 aliphatic carbocycles. The number of nitrogens with one attached hydrogen (secondary N) is 1. The van der Waals surface area contributed by atoms with Crippen LogP contribution in [0.1, 0.15) is 35.7 Å². The van der Waals surface area contributed by atoms with E-state index in [1.165, 1.54) is 12.1 Å². The van der Waals surface area contributed by atoms with Crippen LogP contribution >= 0.6 is 0 Å². The minimum Gasteiger partial charge on any atom is -0.494 e. The van der Waals surface area contributed by atoms with Gasteiger partial charge in [0.05, 0.1) is 12.2 Å². The van der Waals surface area contributed by atoms with E-state index in [0.29, 0.717) is 13.2 Å². The van der Waals surface area contributed by atoms with E-state index in [1.54, 1.807) is 12.1 Å². The summed E-state index contributed by atoms with van der Waals surface area (Å²) >= 11 is 0. The van der Waals surface area contributed by atoms with Gasteiger partial charge in [0.2, 0.25) is 5.91 Å². The van der Waals surface area contributed by atoms with Gasteiger partial charge < -0.3 is 10.1 Å². The first-order valence-electron chi connectivity index (χ1n) is 9.08. The van der Waals surface area contributed by atoms with Crippen molar-refractivity contribution in [2.75, 3.05) is 13.2 Å². The maximum atomic E-state index is 12.5. The zero-order chi connectivity index (χ0) is 20.1. The first kappa shape index (κ1) is 19.9.